The van der Waals surface area contributed by atoms with Crippen LogP contribution >= 0.6 is 0 Å². The second-order valence-corrected chi connectivity index (χ2v) is 6.70. The van der Waals surface area contributed by atoms with Gasteiger partial charge in [0.2, 0.25) is 0 Å². The molecule has 1 aliphatic heterocycles. The zero-order valence-electron chi connectivity index (χ0n) is 13.8. The van der Waals surface area contributed by atoms with Gasteiger partial charge in [0.1, 0.15) is 5.75 Å². The Labute approximate surface area is 136 Å². The summed E-state index contributed by atoms with van der Waals surface area (Å²) in [5, 5.41) is 0. The summed E-state index contributed by atoms with van der Waals surface area (Å²) in [6.45, 7) is 5.60. The van der Waals surface area contributed by atoms with E-state index in [1.165, 1.54) is 0 Å². The topological polar surface area (TPSA) is 55.6 Å². The molecular formula is C19H22N2O2. The van der Waals surface area contributed by atoms with Crippen LogP contribution in [0.5, 0.6) is 5.75 Å². The summed E-state index contributed by atoms with van der Waals surface area (Å²) < 4.78 is 5.18. The van der Waals surface area contributed by atoms with Crippen LogP contribution in [0.4, 0.5) is 5.69 Å². The van der Waals surface area contributed by atoms with Crippen LogP contribution in [-0.2, 0) is 12.0 Å². The molecule has 1 aliphatic rings. The van der Waals surface area contributed by atoms with Crippen molar-refractivity contribution in [3.63, 3.8) is 0 Å². The fourth-order valence-corrected chi connectivity index (χ4v) is 3.21. The van der Waals surface area contributed by atoms with E-state index in [1.54, 1.807) is 13.2 Å². The molecule has 0 radical (unpaired) electrons. The number of nitrogens with two attached hydrogens (primary N) is 1. The van der Waals surface area contributed by atoms with Crippen LogP contribution in [-0.4, -0.2) is 24.5 Å². The molecule has 0 atom stereocenters. The molecule has 0 unspecified atom stereocenters. The molecule has 4 nitrogen and oxygen atoms in total. The van der Waals surface area contributed by atoms with Gasteiger partial charge < -0.3 is 15.4 Å². The largest absolute Gasteiger partial charge is 0.497 e. The zero-order chi connectivity index (χ0) is 16.6. The summed E-state index contributed by atoms with van der Waals surface area (Å²) in [5.74, 6) is 0.861. The number of hydrogen-bond acceptors (Lipinski definition) is 3. The number of benzene rings is 2. The van der Waals surface area contributed by atoms with Crippen molar-refractivity contribution in [2.45, 2.75) is 25.8 Å². The zero-order valence-corrected chi connectivity index (χ0v) is 13.8. The minimum atomic E-state index is -0.0938. The number of nitrogen functional groups attached to an aromatic ring is 1. The van der Waals surface area contributed by atoms with Gasteiger partial charge >= 0.3 is 0 Å². The van der Waals surface area contributed by atoms with Crippen LogP contribution in [0, 0.1) is 0 Å². The number of ether oxygens (including phenoxy) is 1. The molecule has 0 spiro atoms. The lowest BCUT2D eigenvalue weighted by molar-refractivity contribution is 0.0673. The monoisotopic (exact) mass is 310 g/mol. The quantitative estimate of drug-likeness (QED) is 0.886. The van der Waals surface area contributed by atoms with Crippen LogP contribution in [0.1, 0.15) is 35.3 Å². The molecule has 23 heavy (non-hydrogen) atoms. The van der Waals surface area contributed by atoms with Crippen molar-refractivity contribution < 1.29 is 9.53 Å². The molecule has 4 heteroatoms. The summed E-state index contributed by atoms with van der Waals surface area (Å²) in [4.78, 5) is 14.7. The number of nitrogens with zero attached hydrogens (tertiary/aromatic N) is 1. The normalized spacial score (nSPS) is 16.1. The van der Waals surface area contributed by atoms with Gasteiger partial charge in [0.15, 0.2) is 0 Å². The van der Waals surface area contributed by atoms with Crippen molar-refractivity contribution in [2.75, 3.05) is 19.4 Å². The highest BCUT2D eigenvalue weighted by Gasteiger charge is 2.36. The number of fused-ring (bicyclic) bond motifs is 1. The number of methoxy groups -OCH3 is 1. The van der Waals surface area contributed by atoms with Gasteiger partial charge in [-0.05, 0) is 35.4 Å². The molecule has 1 amide bonds. The first-order valence-electron chi connectivity index (χ1n) is 7.73. The summed E-state index contributed by atoms with van der Waals surface area (Å²) in [6.07, 6.45) is 0. The fraction of sp³-hybridized carbons (Fsp3) is 0.316. The van der Waals surface area contributed by atoms with Crippen molar-refractivity contribution >= 4 is 11.6 Å². The standard InChI is InChI=1S/C19H22N2O2/c1-19(2)12-21(11-13-4-7-15(23-3)8-5-13)18(22)16-10-14(20)6-9-17(16)19/h4-10H,11-12,20H2,1-3H3. The lowest BCUT2D eigenvalue weighted by Gasteiger charge is -2.39. The molecule has 0 aromatic heterocycles. The Morgan fingerprint density at radius 3 is 2.52 bits per heavy atom. The Balaban J connectivity index is 1.90. The minimum Gasteiger partial charge on any atom is -0.497 e. The number of carbonyl (C=O) groups is 1. The maximum absolute atomic E-state index is 12.8. The van der Waals surface area contributed by atoms with E-state index in [0.29, 0.717) is 18.8 Å². The Morgan fingerprint density at radius 2 is 1.87 bits per heavy atom. The second kappa shape index (κ2) is 5.61. The molecule has 2 aromatic rings. The average molecular weight is 310 g/mol. The fourth-order valence-electron chi connectivity index (χ4n) is 3.21. The lowest BCUT2D eigenvalue weighted by atomic mass is 9.78. The van der Waals surface area contributed by atoms with Gasteiger partial charge in [-0.3, -0.25) is 4.79 Å². The predicted octanol–water partition coefficient (Wildman–Crippen LogP) is 3.21. The number of carbonyl (C=O) groups excluding carboxylic acids is 1. The number of rotatable bonds is 3. The van der Waals surface area contributed by atoms with Crippen LogP contribution < -0.4 is 10.5 Å². The smallest absolute Gasteiger partial charge is 0.254 e. The van der Waals surface area contributed by atoms with E-state index in [0.717, 1.165) is 22.4 Å². The highest BCUT2D eigenvalue weighted by atomic mass is 16.5. The highest BCUT2D eigenvalue weighted by Crippen LogP contribution is 2.35. The third kappa shape index (κ3) is 2.89. The summed E-state index contributed by atoms with van der Waals surface area (Å²) in [6, 6.07) is 13.5. The molecule has 2 aromatic carbocycles. The van der Waals surface area contributed by atoms with Crippen LogP contribution in [0.3, 0.4) is 0 Å². The Kier molecular flexibility index (Phi) is 3.76. The molecule has 3 rings (SSSR count). The van der Waals surface area contributed by atoms with E-state index >= 15 is 0 Å². The van der Waals surface area contributed by atoms with Crippen molar-refractivity contribution in [1.82, 2.24) is 4.90 Å². The second-order valence-electron chi connectivity index (χ2n) is 6.70. The summed E-state index contributed by atoms with van der Waals surface area (Å²) in [7, 11) is 1.65. The molecule has 120 valence electrons. The molecule has 0 aliphatic carbocycles. The number of anilines is 1. The number of amides is 1. The molecule has 2 N–H and O–H groups in total. The van der Waals surface area contributed by atoms with Crippen LogP contribution in [0.2, 0.25) is 0 Å². The number of hydrogen-bond donors (Lipinski definition) is 1. The summed E-state index contributed by atoms with van der Waals surface area (Å²) in [5.41, 5.74) is 9.28. The Morgan fingerprint density at radius 1 is 1.17 bits per heavy atom. The maximum Gasteiger partial charge on any atom is 0.254 e. The van der Waals surface area contributed by atoms with Crippen LogP contribution in [0.15, 0.2) is 42.5 Å². The first-order chi connectivity index (χ1) is 10.9. The molecule has 0 saturated heterocycles. The van der Waals surface area contributed by atoms with E-state index in [1.807, 2.05) is 41.3 Å². The maximum atomic E-state index is 12.8. The first-order valence-corrected chi connectivity index (χ1v) is 7.73. The average Bonchev–Trinajstić information content (AvgIpc) is 2.52. The molecular weight excluding hydrogens is 288 g/mol. The van der Waals surface area contributed by atoms with Gasteiger partial charge in [-0.25, -0.2) is 0 Å². The molecule has 0 saturated carbocycles. The van der Waals surface area contributed by atoms with E-state index < -0.39 is 0 Å². The van der Waals surface area contributed by atoms with Gasteiger partial charge in [0, 0.05) is 29.8 Å². The first kappa shape index (κ1) is 15.4. The molecule has 0 bridgehead atoms. The van der Waals surface area contributed by atoms with E-state index in [-0.39, 0.29) is 11.3 Å². The third-order valence-electron chi connectivity index (χ3n) is 4.41. The van der Waals surface area contributed by atoms with Gasteiger partial charge in [-0.1, -0.05) is 32.0 Å². The Hall–Kier alpha value is -2.49. The van der Waals surface area contributed by atoms with Gasteiger partial charge in [0.25, 0.3) is 5.91 Å². The Bertz CT molecular complexity index is 736. The molecule has 1 heterocycles. The van der Waals surface area contributed by atoms with Gasteiger partial charge in [-0.2, -0.15) is 0 Å². The highest BCUT2D eigenvalue weighted by molar-refractivity contribution is 5.98. The van der Waals surface area contributed by atoms with Crippen molar-refractivity contribution in [1.29, 1.82) is 0 Å². The van der Waals surface area contributed by atoms with Gasteiger partial charge in [0.05, 0.1) is 7.11 Å². The van der Waals surface area contributed by atoms with E-state index in [9.17, 15) is 4.79 Å². The van der Waals surface area contributed by atoms with Crippen molar-refractivity contribution in [3.8, 4) is 5.75 Å². The lowest BCUT2D eigenvalue weighted by Crippen LogP contribution is -2.46. The SMILES string of the molecule is COc1ccc(CN2CC(C)(C)c3ccc(N)cc3C2=O)cc1. The van der Waals surface area contributed by atoms with Crippen LogP contribution in [0.25, 0.3) is 0 Å². The summed E-state index contributed by atoms with van der Waals surface area (Å²) >= 11 is 0. The van der Waals surface area contributed by atoms with E-state index in [2.05, 4.69) is 13.8 Å². The minimum absolute atomic E-state index is 0.0439. The predicted molar refractivity (Wildman–Crippen MR) is 91.6 cm³/mol. The van der Waals surface area contributed by atoms with Crippen molar-refractivity contribution in [2.24, 2.45) is 0 Å². The van der Waals surface area contributed by atoms with Crippen molar-refractivity contribution in [3.05, 3.63) is 59.2 Å². The molecule has 0 fully saturated rings. The van der Waals surface area contributed by atoms with E-state index in [4.69, 9.17) is 10.5 Å². The third-order valence-corrected chi connectivity index (χ3v) is 4.41. The van der Waals surface area contributed by atoms with Gasteiger partial charge in [-0.15, -0.1) is 0 Å².